The van der Waals surface area contributed by atoms with E-state index in [0.717, 1.165) is 32.7 Å². The van der Waals surface area contributed by atoms with Gasteiger partial charge in [-0.15, -0.1) is 0 Å². The highest BCUT2D eigenvalue weighted by atomic mass is 16.2. The molecule has 0 bridgehead atoms. The van der Waals surface area contributed by atoms with Crippen LogP contribution in [0.15, 0.2) is 0 Å². The van der Waals surface area contributed by atoms with Gasteiger partial charge in [-0.3, -0.25) is 9.69 Å². The van der Waals surface area contributed by atoms with Crippen LogP contribution >= 0.6 is 0 Å². The smallest absolute Gasteiger partial charge is 0.236 e. The maximum absolute atomic E-state index is 12.1. The van der Waals surface area contributed by atoms with Crippen molar-refractivity contribution < 1.29 is 4.79 Å². The molecule has 1 N–H and O–H groups in total. The quantitative estimate of drug-likeness (QED) is 0.734. The van der Waals surface area contributed by atoms with Crippen LogP contribution in [0.1, 0.15) is 26.2 Å². The fourth-order valence-corrected chi connectivity index (χ4v) is 2.54. The zero-order chi connectivity index (χ0) is 11.4. The molecule has 0 aromatic carbocycles. The van der Waals surface area contributed by atoms with Crippen molar-refractivity contribution in [2.75, 3.05) is 39.3 Å². The summed E-state index contributed by atoms with van der Waals surface area (Å²) >= 11 is 0. The fourth-order valence-electron chi connectivity index (χ4n) is 2.54. The van der Waals surface area contributed by atoms with Crippen molar-refractivity contribution in [3.05, 3.63) is 0 Å². The molecule has 2 heterocycles. The van der Waals surface area contributed by atoms with Crippen molar-refractivity contribution in [1.29, 1.82) is 0 Å². The lowest BCUT2D eigenvalue weighted by Gasteiger charge is -2.35. The van der Waals surface area contributed by atoms with Gasteiger partial charge in [0.15, 0.2) is 0 Å². The molecule has 2 aliphatic heterocycles. The van der Waals surface area contributed by atoms with Crippen LogP contribution in [0.25, 0.3) is 0 Å². The number of rotatable bonds is 2. The Labute approximate surface area is 98.0 Å². The molecule has 92 valence electrons. The van der Waals surface area contributed by atoms with Gasteiger partial charge in [-0.25, -0.2) is 0 Å². The van der Waals surface area contributed by atoms with Gasteiger partial charge < -0.3 is 10.2 Å². The number of carbonyl (C=O) groups excluding carboxylic acids is 1. The molecule has 4 heteroatoms. The highest BCUT2D eigenvalue weighted by Crippen LogP contribution is 2.10. The summed E-state index contributed by atoms with van der Waals surface area (Å²) in [5.74, 6) is 0.327. The summed E-state index contributed by atoms with van der Waals surface area (Å²) < 4.78 is 0. The molecule has 0 unspecified atom stereocenters. The maximum Gasteiger partial charge on any atom is 0.236 e. The average molecular weight is 225 g/mol. The third-order valence-corrected chi connectivity index (χ3v) is 3.69. The molecule has 1 amide bonds. The van der Waals surface area contributed by atoms with Crippen LogP contribution in [0, 0.1) is 0 Å². The van der Waals surface area contributed by atoms with Gasteiger partial charge in [0.05, 0.1) is 6.54 Å². The van der Waals surface area contributed by atoms with Gasteiger partial charge in [-0.1, -0.05) is 0 Å². The normalized spacial score (nSPS) is 28.1. The molecule has 4 nitrogen and oxygen atoms in total. The summed E-state index contributed by atoms with van der Waals surface area (Å²) in [6, 6.07) is 0.488. The lowest BCUT2D eigenvalue weighted by Crippen LogP contribution is -2.53. The number of nitrogens with one attached hydrogen (secondary N) is 1. The maximum atomic E-state index is 12.1. The number of carbonyl (C=O) groups is 1. The predicted octanol–water partition coefficient (Wildman–Crippen LogP) is 0.293. The molecule has 0 spiro atoms. The van der Waals surface area contributed by atoms with Crippen LogP contribution in [0.4, 0.5) is 0 Å². The lowest BCUT2D eigenvalue weighted by molar-refractivity contribution is -0.134. The Morgan fingerprint density at radius 2 is 2.00 bits per heavy atom. The third kappa shape index (κ3) is 2.95. The van der Waals surface area contributed by atoms with Gasteiger partial charge >= 0.3 is 0 Å². The number of hydrogen-bond donors (Lipinski definition) is 1. The summed E-state index contributed by atoms with van der Waals surface area (Å²) in [5, 5.41) is 3.35. The Kier molecular flexibility index (Phi) is 4.18. The van der Waals surface area contributed by atoms with Gasteiger partial charge in [-0.2, -0.15) is 0 Å². The highest BCUT2D eigenvalue weighted by molar-refractivity contribution is 5.78. The van der Waals surface area contributed by atoms with Crippen molar-refractivity contribution in [1.82, 2.24) is 15.1 Å². The average Bonchev–Trinajstić information content (AvgIpc) is 2.33. The van der Waals surface area contributed by atoms with Crippen molar-refractivity contribution in [2.45, 2.75) is 32.2 Å². The molecule has 0 radical (unpaired) electrons. The van der Waals surface area contributed by atoms with E-state index in [-0.39, 0.29) is 0 Å². The first-order valence-electron chi connectivity index (χ1n) is 6.50. The van der Waals surface area contributed by atoms with Crippen molar-refractivity contribution >= 4 is 5.91 Å². The molecule has 2 saturated heterocycles. The number of amides is 1. The summed E-state index contributed by atoms with van der Waals surface area (Å²) in [6.45, 7) is 7.77. The monoisotopic (exact) mass is 225 g/mol. The minimum atomic E-state index is 0.327. The standard InChI is InChI=1S/C12H23N3O/c1-11-9-13-5-8-15(11)10-12(16)14-6-3-2-4-7-14/h11,13H,2-10H2,1H3/t11-/m0/s1. The Morgan fingerprint density at radius 3 is 2.69 bits per heavy atom. The molecule has 2 fully saturated rings. The van der Waals surface area contributed by atoms with E-state index in [4.69, 9.17) is 0 Å². The first-order valence-corrected chi connectivity index (χ1v) is 6.50. The van der Waals surface area contributed by atoms with E-state index >= 15 is 0 Å². The predicted molar refractivity (Wildman–Crippen MR) is 64.3 cm³/mol. The first-order chi connectivity index (χ1) is 7.77. The SMILES string of the molecule is C[C@H]1CNCCN1CC(=O)N1CCCCC1. The molecule has 1 atom stereocenters. The molecule has 0 aromatic rings. The van der Waals surface area contributed by atoms with Gasteiger partial charge in [-0.05, 0) is 26.2 Å². The molecular formula is C12H23N3O. The second-order valence-electron chi connectivity index (χ2n) is 4.97. The van der Waals surface area contributed by atoms with Crippen LogP contribution in [0.5, 0.6) is 0 Å². The Bertz CT molecular complexity index is 238. The van der Waals surface area contributed by atoms with Crippen LogP contribution in [-0.4, -0.2) is 61.0 Å². The number of piperazine rings is 1. The Morgan fingerprint density at radius 1 is 1.25 bits per heavy atom. The molecule has 2 rings (SSSR count). The molecule has 0 saturated carbocycles. The van der Waals surface area contributed by atoms with E-state index in [0.29, 0.717) is 18.5 Å². The van der Waals surface area contributed by atoms with E-state index < -0.39 is 0 Å². The topological polar surface area (TPSA) is 35.6 Å². The minimum absolute atomic E-state index is 0.327. The van der Waals surface area contributed by atoms with Crippen molar-refractivity contribution in [3.8, 4) is 0 Å². The molecule has 2 aliphatic rings. The van der Waals surface area contributed by atoms with Crippen LogP contribution < -0.4 is 5.32 Å². The second-order valence-corrected chi connectivity index (χ2v) is 4.97. The van der Waals surface area contributed by atoms with Gasteiger partial charge in [0.2, 0.25) is 5.91 Å². The van der Waals surface area contributed by atoms with E-state index in [2.05, 4.69) is 17.1 Å². The van der Waals surface area contributed by atoms with Crippen molar-refractivity contribution in [2.24, 2.45) is 0 Å². The van der Waals surface area contributed by atoms with Crippen LogP contribution in [0.3, 0.4) is 0 Å². The number of likely N-dealkylation sites (tertiary alicyclic amines) is 1. The number of nitrogens with zero attached hydrogens (tertiary/aromatic N) is 2. The molecule has 0 aliphatic carbocycles. The van der Waals surface area contributed by atoms with Crippen LogP contribution in [0.2, 0.25) is 0 Å². The van der Waals surface area contributed by atoms with E-state index in [1.807, 2.05) is 4.90 Å². The second kappa shape index (κ2) is 5.64. The van der Waals surface area contributed by atoms with E-state index in [1.165, 1.54) is 19.3 Å². The zero-order valence-corrected chi connectivity index (χ0v) is 10.2. The largest absolute Gasteiger partial charge is 0.342 e. The summed E-state index contributed by atoms with van der Waals surface area (Å²) in [6.07, 6.45) is 3.65. The third-order valence-electron chi connectivity index (χ3n) is 3.69. The molecule has 0 aromatic heterocycles. The first kappa shape index (κ1) is 11.9. The molecule has 16 heavy (non-hydrogen) atoms. The highest BCUT2D eigenvalue weighted by Gasteiger charge is 2.23. The number of piperidine rings is 1. The van der Waals surface area contributed by atoms with Crippen molar-refractivity contribution in [3.63, 3.8) is 0 Å². The lowest BCUT2D eigenvalue weighted by atomic mass is 10.1. The Balaban J connectivity index is 1.80. The van der Waals surface area contributed by atoms with Gasteiger partial charge in [0, 0.05) is 38.8 Å². The van der Waals surface area contributed by atoms with Gasteiger partial charge in [0.25, 0.3) is 0 Å². The number of hydrogen-bond acceptors (Lipinski definition) is 3. The van der Waals surface area contributed by atoms with Crippen LogP contribution in [-0.2, 0) is 4.79 Å². The van der Waals surface area contributed by atoms with E-state index in [1.54, 1.807) is 0 Å². The summed E-state index contributed by atoms with van der Waals surface area (Å²) in [7, 11) is 0. The van der Waals surface area contributed by atoms with Gasteiger partial charge in [0.1, 0.15) is 0 Å². The summed E-state index contributed by atoms with van der Waals surface area (Å²) in [5.41, 5.74) is 0. The van der Waals surface area contributed by atoms with E-state index in [9.17, 15) is 4.79 Å². The molecular weight excluding hydrogens is 202 g/mol. The summed E-state index contributed by atoms with van der Waals surface area (Å²) in [4.78, 5) is 16.4. The fraction of sp³-hybridized carbons (Fsp3) is 0.917. The Hall–Kier alpha value is -0.610. The zero-order valence-electron chi connectivity index (χ0n) is 10.2. The minimum Gasteiger partial charge on any atom is -0.342 e.